The van der Waals surface area contributed by atoms with Gasteiger partial charge in [-0.05, 0) is 32.6 Å². The summed E-state index contributed by atoms with van der Waals surface area (Å²) >= 11 is 0. The fourth-order valence-corrected chi connectivity index (χ4v) is 2.82. The van der Waals surface area contributed by atoms with Gasteiger partial charge >= 0.3 is 0 Å². The SMILES string of the molecule is C=C(C)CN1CCC(NC(=NCC(O)COCC(C)C)NCC)CC1. The van der Waals surface area contributed by atoms with Crippen molar-refractivity contribution in [3.8, 4) is 0 Å². The maximum atomic E-state index is 10.0. The summed E-state index contributed by atoms with van der Waals surface area (Å²) in [5, 5.41) is 16.8. The average molecular weight is 355 g/mol. The number of guanidine groups is 1. The number of ether oxygens (including phenoxy) is 1. The highest BCUT2D eigenvalue weighted by atomic mass is 16.5. The number of piperidine rings is 1. The molecule has 6 heteroatoms. The first-order chi connectivity index (χ1) is 11.9. The molecule has 0 saturated carbocycles. The monoisotopic (exact) mass is 354 g/mol. The molecule has 1 unspecified atom stereocenters. The van der Waals surface area contributed by atoms with Gasteiger partial charge < -0.3 is 20.5 Å². The lowest BCUT2D eigenvalue weighted by Gasteiger charge is -2.33. The van der Waals surface area contributed by atoms with Gasteiger partial charge in [0.1, 0.15) is 0 Å². The standard InChI is InChI=1S/C19H38N4O2/c1-6-20-19(21-11-18(24)14-25-13-16(4)5)22-17-7-9-23(10-8-17)12-15(2)3/h16-18,24H,2,6-14H2,1,3-5H3,(H2,20,21,22). The largest absolute Gasteiger partial charge is 0.389 e. The molecule has 146 valence electrons. The van der Waals surface area contributed by atoms with Gasteiger partial charge in [-0.1, -0.05) is 26.0 Å². The van der Waals surface area contributed by atoms with Crippen LogP contribution in [0.4, 0.5) is 0 Å². The minimum atomic E-state index is -0.563. The normalized spacial score (nSPS) is 18.4. The first-order valence-corrected chi connectivity index (χ1v) is 9.58. The molecule has 25 heavy (non-hydrogen) atoms. The highest BCUT2D eigenvalue weighted by Gasteiger charge is 2.19. The lowest BCUT2D eigenvalue weighted by atomic mass is 10.0. The van der Waals surface area contributed by atoms with Crippen molar-refractivity contribution in [3.63, 3.8) is 0 Å². The Bertz CT molecular complexity index is 404. The van der Waals surface area contributed by atoms with Crippen LogP contribution in [0.2, 0.25) is 0 Å². The first-order valence-electron chi connectivity index (χ1n) is 9.58. The molecule has 0 amide bonds. The van der Waals surface area contributed by atoms with E-state index in [0.717, 1.165) is 45.0 Å². The number of aliphatic imine (C=N–C) groups is 1. The molecule has 0 spiro atoms. The van der Waals surface area contributed by atoms with E-state index >= 15 is 0 Å². The van der Waals surface area contributed by atoms with Gasteiger partial charge in [0.25, 0.3) is 0 Å². The Balaban J connectivity index is 2.36. The molecule has 6 nitrogen and oxygen atoms in total. The van der Waals surface area contributed by atoms with E-state index in [2.05, 4.69) is 54.8 Å². The maximum absolute atomic E-state index is 10.0. The molecule has 1 heterocycles. The molecule has 0 aromatic heterocycles. The molecule has 3 N–H and O–H groups in total. The Morgan fingerprint density at radius 3 is 2.56 bits per heavy atom. The molecule has 1 saturated heterocycles. The second-order valence-electron chi connectivity index (χ2n) is 7.46. The number of likely N-dealkylation sites (tertiary alicyclic amines) is 1. The third-order valence-electron chi connectivity index (χ3n) is 3.99. The Morgan fingerprint density at radius 1 is 1.32 bits per heavy atom. The van der Waals surface area contributed by atoms with E-state index in [1.807, 2.05) is 0 Å². The van der Waals surface area contributed by atoms with E-state index in [-0.39, 0.29) is 0 Å². The van der Waals surface area contributed by atoms with Crippen LogP contribution in [0.25, 0.3) is 0 Å². The van der Waals surface area contributed by atoms with Crippen LogP contribution in [-0.2, 0) is 4.74 Å². The van der Waals surface area contributed by atoms with Crippen LogP contribution in [0.15, 0.2) is 17.1 Å². The summed E-state index contributed by atoms with van der Waals surface area (Å²) in [7, 11) is 0. The zero-order valence-electron chi connectivity index (χ0n) is 16.6. The summed E-state index contributed by atoms with van der Waals surface area (Å²) in [5.74, 6) is 1.26. The van der Waals surface area contributed by atoms with E-state index < -0.39 is 6.10 Å². The van der Waals surface area contributed by atoms with Crippen molar-refractivity contribution in [1.82, 2.24) is 15.5 Å². The van der Waals surface area contributed by atoms with Gasteiger partial charge in [0.05, 0.1) is 19.3 Å². The van der Waals surface area contributed by atoms with Gasteiger partial charge in [0, 0.05) is 38.8 Å². The van der Waals surface area contributed by atoms with Crippen molar-refractivity contribution in [3.05, 3.63) is 12.2 Å². The van der Waals surface area contributed by atoms with Gasteiger partial charge in [-0.25, -0.2) is 0 Å². The Labute approximate surface area is 153 Å². The van der Waals surface area contributed by atoms with Gasteiger partial charge in [0.15, 0.2) is 5.96 Å². The highest BCUT2D eigenvalue weighted by molar-refractivity contribution is 5.80. The number of aliphatic hydroxyl groups excluding tert-OH is 1. The topological polar surface area (TPSA) is 69.1 Å². The summed E-state index contributed by atoms with van der Waals surface area (Å²) in [6, 6.07) is 0.425. The Morgan fingerprint density at radius 2 is 2.00 bits per heavy atom. The van der Waals surface area contributed by atoms with Crippen LogP contribution in [0, 0.1) is 5.92 Å². The van der Waals surface area contributed by atoms with E-state index in [4.69, 9.17) is 4.74 Å². The molecule has 0 bridgehead atoms. The van der Waals surface area contributed by atoms with Gasteiger partial charge in [-0.15, -0.1) is 0 Å². The zero-order valence-corrected chi connectivity index (χ0v) is 16.6. The van der Waals surface area contributed by atoms with E-state index in [1.54, 1.807) is 0 Å². The fourth-order valence-electron chi connectivity index (χ4n) is 2.82. The third kappa shape index (κ3) is 10.5. The second kappa shape index (κ2) is 12.3. The zero-order chi connectivity index (χ0) is 18.7. The molecule has 1 rings (SSSR count). The summed E-state index contributed by atoms with van der Waals surface area (Å²) in [5.41, 5.74) is 1.22. The molecule has 0 aliphatic carbocycles. The van der Waals surface area contributed by atoms with Crippen molar-refractivity contribution < 1.29 is 9.84 Å². The number of hydrogen-bond donors (Lipinski definition) is 3. The van der Waals surface area contributed by atoms with Crippen LogP contribution in [0.5, 0.6) is 0 Å². The molecule has 0 radical (unpaired) electrons. The van der Waals surface area contributed by atoms with E-state index in [0.29, 0.717) is 31.7 Å². The molecular formula is C19H38N4O2. The molecule has 0 aromatic rings. The predicted octanol–water partition coefficient (Wildman–Crippen LogP) is 1.62. The summed E-state index contributed by atoms with van der Waals surface area (Å²) in [6.07, 6.45) is 1.63. The van der Waals surface area contributed by atoms with E-state index in [9.17, 15) is 5.11 Å². The molecule has 1 fully saturated rings. The summed E-state index contributed by atoms with van der Waals surface area (Å²) < 4.78 is 5.47. The second-order valence-corrected chi connectivity index (χ2v) is 7.46. The van der Waals surface area contributed by atoms with Crippen molar-refractivity contribution >= 4 is 5.96 Å². The average Bonchev–Trinajstić information content (AvgIpc) is 2.54. The maximum Gasteiger partial charge on any atom is 0.191 e. The molecule has 1 aliphatic heterocycles. The van der Waals surface area contributed by atoms with Crippen LogP contribution >= 0.6 is 0 Å². The first kappa shape index (κ1) is 21.9. The minimum Gasteiger partial charge on any atom is -0.389 e. The number of nitrogens with one attached hydrogen (secondary N) is 2. The minimum absolute atomic E-state index is 0.334. The van der Waals surface area contributed by atoms with Crippen LogP contribution in [-0.4, -0.2) is 74.0 Å². The Hall–Kier alpha value is -1.11. The number of nitrogens with zero attached hydrogens (tertiary/aromatic N) is 2. The quantitative estimate of drug-likeness (QED) is 0.316. The molecular weight excluding hydrogens is 316 g/mol. The lowest BCUT2D eigenvalue weighted by Crippen LogP contribution is -2.49. The number of rotatable bonds is 10. The van der Waals surface area contributed by atoms with Gasteiger partial charge in [-0.2, -0.15) is 0 Å². The molecule has 0 aromatic carbocycles. The van der Waals surface area contributed by atoms with Crippen molar-refractivity contribution in [2.24, 2.45) is 10.9 Å². The predicted molar refractivity (Wildman–Crippen MR) is 105 cm³/mol. The van der Waals surface area contributed by atoms with Crippen LogP contribution in [0.3, 0.4) is 0 Å². The Kier molecular flexibility index (Phi) is 10.8. The lowest BCUT2D eigenvalue weighted by molar-refractivity contribution is 0.0301. The third-order valence-corrected chi connectivity index (χ3v) is 3.99. The van der Waals surface area contributed by atoms with E-state index in [1.165, 1.54) is 5.57 Å². The van der Waals surface area contributed by atoms with Crippen LogP contribution in [0.1, 0.15) is 40.5 Å². The fraction of sp³-hybridized carbons (Fsp3) is 0.842. The number of hydrogen-bond acceptors (Lipinski definition) is 4. The highest BCUT2D eigenvalue weighted by Crippen LogP contribution is 2.11. The smallest absolute Gasteiger partial charge is 0.191 e. The van der Waals surface area contributed by atoms with Crippen LogP contribution < -0.4 is 10.6 Å². The summed E-state index contributed by atoms with van der Waals surface area (Å²) in [4.78, 5) is 6.95. The summed E-state index contributed by atoms with van der Waals surface area (Å²) in [6.45, 7) is 17.6. The molecule has 1 atom stereocenters. The van der Waals surface area contributed by atoms with Gasteiger partial charge in [-0.3, -0.25) is 9.89 Å². The van der Waals surface area contributed by atoms with Gasteiger partial charge in [0.2, 0.25) is 0 Å². The van der Waals surface area contributed by atoms with Crippen molar-refractivity contribution in [2.45, 2.75) is 52.7 Å². The molecule has 1 aliphatic rings. The number of aliphatic hydroxyl groups is 1. The van der Waals surface area contributed by atoms with Crippen molar-refractivity contribution in [2.75, 3.05) is 45.9 Å². The van der Waals surface area contributed by atoms with Crippen molar-refractivity contribution in [1.29, 1.82) is 0 Å².